The Kier molecular flexibility index (Phi) is 12.3. The SMILES string of the molecule is C[C@@H]1[C@H](c2ccccc2)OC(=O)N1C(=O)[C@H](Cc1ccccc1)[C@H]1O[C@@](O)(CCCOC[C@@H](CO)OCc2ccccc2)C(Br)=CC1=O. The Morgan fingerprint density at radius 2 is 1.60 bits per heavy atom. The summed E-state index contributed by atoms with van der Waals surface area (Å²) in [5.41, 5.74) is 2.48. The number of ketones is 1. The Morgan fingerprint density at radius 3 is 2.25 bits per heavy atom. The smallest absolute Gasteiger partial charge is 0.417 e. The first-order valence-corrected chi connectivity index (χ1v) is 16.8. The van der Waals surface area contributed by atoms with Crippen molar-refractivity contribution in [1.82, 2.24) is 4.90 Å². The lowest BCUT2D eigenvalue weighted by Gasteiger charge is -2.38. The molecule has 1 fully saturated rings. The van der Waals surface area contributed by atoms with Crippen LogP contribution >= 0.6 is 15.9 Å². The van der Waals surface area contributed by atoms with Crippen LogP contribution in [0.4, 0.5) is 4.79 Å². The first kappa shape index (κ1) is 35.6. The van der Waals surface area contributed by atoms with Crippen LogP contribution < -0.4 is 0 Å². The number of nitrogens with zero attached hydrogens (tertiary/aromatic N) is 1. The molecule has 5 rings (SSSR count). The maximum atomic E-state index is 14.2. The molecule has 0 bridgehead atoms. The van der Waals surface area contributed by atoms with E-state index in [4.69, 9.17) is 18.9 Å². The summed E-state index contributed by atoms with van der Waals surface area (Å²) in [5, 5.41) is 21.3. The molecule has 0 spiro atoms. The molecule has 48 heavy (non-hydrogen) atoms. The Morgan fingerprint density at radius 1 is 0.979 bits per heavy atom. The van der Waals surface area contributed by atoms with Crippen LogP contribution in [0.5, 0.6) is 0 Å². The molecule has 2 heterocycles. The summed E-state index contributed by atoms with van der Waals surface area (Å²) in [7, 11) is 0. The normalized spacial score (nSPS) is 23.8. The lowest BCUT2D eigenvalue weighted by Crippen LogP contribution is -2.53. The summed E-state index contributed by atoms with van der Waals surface area (Å²) in [6.45, 7) is 2.19. The van der Waals surface area contributed by atoms with Gasteiger partial charge < -0.3 is 29.2 Å². The third-order valence-corrected chi connectivity index (χ3v) is 9.35. The van der Waals surface area contributed by atoms with Crippen LogP contribution in [-0.2, 0) is 41.6 Å². The predicted octanol–water partition coefficient (Wildman–Crippen LogP) is 5.26. The van der Waals surface area contributed by atoms with Crippen molar-refractivity contribution in [2.45, 2.75) is 62.9 Å². The summed E-state index contributed by atoms with van der Waals surface area (Å²) >= 11 is 3.30. The van der Waals surface area contributed by atoms with E-state index in [9.17, 15) is 24.6 Å². The van der Waals surface area contributed by atoms with Crippen LogP contribution in [0.15, 0.2) is 102 Å². The fourth-order valence-electron chi connectivity index (χ4n) is 5.89. The molecule has 0 radical (unpaired) electrons. The zero-order valence-electron chi connectivity index (χ0n) is 26.7. The standard InChI is InChI=1S/C37H40BrNO9/c1-25-33(28-16-9-4-10-17-28)47-36(43)39(25)35(42)30(20-26-12-5-2-6-13-26)34-31(41)21-32(38)37(44,48-34)18-11-19-45-24-29(22-40)46-23-27-14-7-3-8-15-27/h2-10,12-17,21,25,29-30,33-34,40,44H,11,18-20,22-24H2,1H3/t25-,29-,30-,33-,34-,37+/m1/s1. The molecule has 3 aromatic rings. The number of aliphatic hydroxyl groups is 2. The van der Waals surface area contributed by atoms with E-state index in [1.807, 2.05) is 91.0 Å². The van der Waals surface area contributed by atoms with Crippen molar-refractivity contribution in [2.24, 2.45) is 5.92 Å². The zero-order valence-corrected chi connectivity index (χ0v) is 28.2. The largest absolute Gasteiger partial charge is 0.439 e. The highest BCUT2D eigenvalue weighted by atomic mass is 79.9. The van der Waals surface area contributed by atoms with Gasteiger partial charge in [-0.15, -0.1) is 0 Å². The van der Waals surface area contributed by atoms with E-state index < -0.39 is 53.8 Å². The number of hydrogen-bond donors (Lipinski definition) is 2. The van der Waals surface area contributed by atoms with Gasteiger partial charge in [0.2, 0.25) is 5.91 Å². The summed E-state index contributed by atoms with van der Waals surface area (Å²) in [6.07, 6.45) is -1.72. The fraction of sp³-hybridized carbons (Fsp3) is 0.378. The number of hydrogen-bond acceptors (Lipinski definition) is 9. The van der Waals surface area contributed by atoms with Gasteiger partial charge in [0.25, 0.3) is 0 Å². The molecular formula is C37H40BrNO9. The number of imide groups is 1. The van der Waals surface area contributed by atoms with E-state index in [1.54, 1.807) is 6.92 Å². The minimum absolute atomic E-state index is 0.0347. The van der Waals surface area contributed by atoms with Gasteiger partial charge >= 0.3 is 6.09 Å². The molecule has 6 atom stereocenters. The lowest BCUT2D eigenvalue weighted by molar-refractivity contribution is -0.219. The van der Waals surface area contributed by atoms with Crippen molar-refractivity contribution in [1.29, 1.82) is 0 Å². The average Bonchev–Trinajstić information content (AvgIpc) is 3.40. The first-order chi connectivity index (χ1) is 23.2. The third kappa shape index (κ3) is 8.65. The molecule has 0 unspecified atom stereocenters. The van der Waals surface area contributed by atoms with Gasteiger partial charge in [-0.05, 0) is 58.5 Å². The molecule has 0 aliphatic carbocycles. The van der Waals surface area contributed by atoms with E-state index >= 15 is 0 Å². The predicted molar refractivity (Wildman–Crippen MR) is 180 cm³/mol. The average molecular weight is 723 g/mol. The second-order valence-electron chi connectivity index (χ2n) is 12.0. The number of amides is 2. The van der Waals surface area contributed by atoms with Gasteiger partial charge in [0.05, 0.1) is 36.3 Å². The summed E-state index contributed by atoms with van der Waals surface area (Å²) in [4.78, 5) is 41.9. The molecule has 1 saturated heterocycles. The van der Waals surface area contributed by atoms with Gasteiger partial charge in [-0.25, -0.2) is 9.69 Å². The Hall–Kier alpha value is -3.71. The fourth-order valence-corrected chi connectivity index (χ4v) is 6.41. The summed E-state index contributed by atoms with van der Waals surface area (Å²) in [5.74, 6) is -4.22. The van der Waals surface area contributed by atoms with Crippen molar-refractivity contribution >= 4 is 33.7 Å². The molecule has 2 N–H and O–H groups in total. The van der Waals surface area contributed by atoms with E-state index in [1.165, 1.54) is 6.08 Å². The minimum atomic E-state index is -1.93. The summed E-state index contributed by atoms with van der Waals surface area (Å²) < 4.78 is 23.3. The van der Waals surface area contributed by atoms with Crippen LogP contribution in [0.25, 0.3) is 0 Å². The molecule has 2 aliphatic rings. The minimum Gasteiger partial charge on any atom is -0.439 e. The van der Waals surface area contributed by atoms with Crippen molar-refractivity contribution in [2.75, 3.05) is 19.8 Å². The van der Waals surface area contributed by atoms with Crippen LogP contribution in [-0.4, -0.2) is 76.8 Å². The van der Waals surface area contributed by atoms with Gasteiger partial charge in [-0.2, -0.15) is 0 Å². The molecule has 0 saturated carbocycles. The van der Waals surface area contributed by atoms with Gasteiger partial charge in [-0.1, -0.05) is 91.0 Å². The number of rotatable bonds is 15. The number of carbonyl (C=O) groups excluding carboxylic acids is 3. The maximum Gasteiger partial charge on any atom is 0.417 e. The molecule has 3 aromatic carbocycles. The lowest BCUT2D eigenvalue weighted by atomic mass is 9.87. The van der Waals surface area contributed by atoms with E-state index in [0.717, 1.165) is 21.6 Å². The number of halogens is 1. The Balaban J connectivity index is 1.26. The molecule has 2 amide bonds. The van der Waals surface area contributed by atoms with Crippen molar-refractivity contribution in [3.63, 3.8) is 0 Å². The topological polar surface area (TPSA) is 132 Å². The zero-order chi connectivity index (χ0) is 34.1. The first-order valence-electron chi connectivity index (χ1n) is 16.0. The van der Waals surface area contributed by atoms with Gasteiger partial charge in [0.15, 0.2) is 11.6 Å². The maximum absolute atomic E-state index is 14.2. The van der Waals surface area contributed by atoms with Crippen molar-refractivity contribution < 1.29 is 43.5 Å². The third-order valence-electron chi connectivity index (χ3n) is 8.50. The van der Waals surface area contributed by atoms with Gasteiger partial charge in [-0.3, -0.25) is 9.59 Å². The number of aliphatic hydroxyl groups excluding tert-OH is 1. The second kappa shape index (κ2) is 16.6. The monoisotopic (exact) mass is 721 g/mol. The Bertz CT molecular complexity index is 1550. The van der Waals surface area contributed by atoms with Gasteiger partial charge in [0.1, 0.15) is 18.3 Å². The van der Waals surface area contributed by atoms with Crippen LogP contribution in [0.3, 0.4) is 0 Å². The number of carbonyl (C=O) groups is 3. The molecular weight excluding hydrogens is 682 g/mol. The summed E-state index contributed by atoms with van der Waals surface area (Å²) in [6, 6.07) is 27.2. The second-order valence-corrected chi connectivity index (χ2v) is 12.8. The van der Waals surface area contributed by atoms with Crippen LogP contribution in [0, 0.1) is 5.92 Å². The number of benzene rings is 3. The highest BCUT2D eigenvalue weighted by molar-refractivity contribution is 9.11. The quantitative estimate of drug-likeness (QED) is 0.202. The molecule has 2 aliphatic heterocycles. The number of cyclic esters (lactones) is 1. The molecule has 254 valence electrons. The van der Waals surface area contributed by atoms with Gasteiger partial charge in [0, 0.05) is 13.0 Å². The van der Waals surface area contributed by atoms with E-state index in [-0.39, 0.29) is 37.1 Å². The van der Waals surface area contributed by atoms with Crippen molar-refractivity contribution in [3.8, 4) is 0 Å². The molecule has 0 aromatic heterocycles. The van der Waals surface area contributed by atoms with E-state index in [2.05, 4.69) is 15.9 Å². The molecule has 11 heteroatoms. The highest BCUT2D eigenvalue weighted by Gasteiger charge is 2.51. The van der Waals surface area contributed by atoms with Crippen molar-refractivity contribution in [3.05, 3.63) is 118 Å². The highest BCUT2D eigenvalue weighted by Crippen LogP contribution is 2.39. The van der Waals surface area contributed by atoms with E-state index in [0.29, 0.717) is 13.0 Å². The number of ether oxygens (including phenoxy) is 4. The van der Waals surface area contributed by atoms with Crippen LogP contribution in [0.2, 0.25) is 0 Å². The Labute approximate surface area is 288 Å². The molecule has 10 nitrogen and oxygen atoms in total. The van der Waals surface area contributed by atoms with Crippen LogP contribution in [0.1, 0.15) is 42.6 Å².